The molecule has 0 bridgehead atoms. The average molecular weight is 353 g/mol. The number of hydrogen-bond acceptors (Lipinski definition) is 3. The number of carbonyl (C=O) groups excluding carboxylic acids is 1. The van der Waals surface area contributed by atoms with E-state index >= 15 is 0 Å². The molecule has 2 aromatic rings. The smallest absolute Gasteiger partial charge is 0.271 e. The van der Waals surface area contributed by atoms with Gasteiger partial charge in [0.2, 0.25) is 0 Å². The summed E-state index contributed by atoms with van der Waals surface area (Å²) < 4.78 is 7.41. The van der Waals surface area contributed by atoms with E-state index in [0.717, 1.165) is 43.8 Å². The fourth-order valence-electron chi connectivity index (χ4n) is 4.21. The Morgan fingerprint density at radius 2 is 1.92 bits per heavy atom. The first-order chi connectivity index (χ1) is 12.7. The second-order valence-corrected chi connectivity index (χ2v) is 7.51. The molecule has 5 nitrogen and oxygen atoms in total. The van der Waals surface area contributed by atoms with Gasteiger partial charge < -0.3 is 14.6 Å². The lowest BCUT2D eigenvalue weighted by molar-refractivity contribution is 0.0923. The standard InChI is InChI=1S/C21H27N3O2/c1-26-18-10-7-15(8-11-18)16-9-12-20-23-19(14-24(20)13-16)21(25)22-17-5-3-2-4-6-17/h7-8,10-11,14,16-17H,2-6,9,12-13H2,1H3,(H,22,25). The molecular formula is C21H27N3O2. The lowest BCUT2D eigenvalue weighted by atomic mass is 9.91. The molecule has 1 unspecified atom stereocenters. The molecule has 1 atom stereocenters. The first-order valence-corrected chi connectivity index (χ1v) is 9.74. The van der Waals surface area contributed by atoms with Crippen LogP contribution in [0.5, 0.6) is 5.75 Å². The maximum absolute atomic E-state index is 12.6. The van der Waals surface area contributed by atoms with E-state index in [0.29, 0.717) is 17.7 Å². The van der Waals surface area contributed by atoms with Crippen molar-refractivity contribution in [2.75, 3.05) is 7.11 Å². The van der Waals surface area contributed by atoms with Gasteiger partial charge in [-0.1, -0.05) is 31.4 Å². The van der Waals surface area contributed by atoms with Gasteiger partial charge in [-0.2, -0.15) is 0 Å². The molecule has 1 aliphatic carbocycles. The van der Waals surface area contributed by atoms with Crippen molar-refractivity contribution < 1.29 is 9.53 Å². The molecule has 138 valence electrons. The zero-order chi connectivity index (χ0) is 17.9. The number of hydrogen-bond donors (Lipinski definition) is 1. The summed E-state index contributed by atoms with van der Waals surface area (Å²) in [4.78, 5) is 17.2. The molecule has 1 fully saturated rings. The fourth-order valence-corrected chi connectivity index (χ4v) is 4.21. The van der Waals surface area contributed by atoms with Crippen LogP contribution in [-0.2, 0) is 13.0 Å². The average Bonchev–Trinajstić information content (AvgIpc) is 3.12. The third-order valence-electron chi connectivity index (χ3n) is 5.75. The van der Waals surface area contributed by atoms with Crippen LogP contribution in [0.2, 0.25) is 0 Å². The van der Waals surface area contributed by atoms with Crippen molar-refractivity contribution in [3.05, 3.63) is 47.5 Å². The Bertz CT molecular complexity index is 760. The Morgan fingerprint density at radius 1 is 1.15 bits per heavy atom. The molecular weight excluding hydrogens is 326 g/mol. The van der Waals surface area contributed by atoms with E-state index < -0.39 is 0 Å². The molecule has 0 radical (unpaired) electrons. The van der Waals surface area contributed by atoms with Crippen LogP contribution in [0.4, 0.5) is 0 Å². The molecule has 1 aliphatic heterocycles. The predicted molar refractivity (Wildman–Crippen MR) is 101 cm³/mol. The monoisotopic (exact) mass is 353 g/mol. The van der Waals surface area contributed by atoms with Crippen LogP contribution < -0.4 is 10.1 Å². The highest BCUT2D eigenvalue weighted by Gasteiger charge is 2.24. The summed E-state index contributed by atoms with van der Waals surface area (Å²) in [6, 6.07) is 8.63. The molecule has 4 rings (SSSR count). The molecule has 2 heterocycles. The number of fused-ring (bicyclic) bond motifs is 1. The van der Waals surface area contributed by atoms with E-state index in [9.17, 15) is 4.79 Å². The lowest BCUT2D eigenvalue weighted by Gasteiger charge is -2.24. The van der Waals surface area contributed by atoms with Gasteiger partial charge >= 0.3 is 0 Å². The van der Waals surface area contributed by atoms with Crippen molar-refractivity contribution in [1.82, 2.24) is 14.9 Å². The highest BCUT2D eigenvalue weighted by molar-refractivity contribution is 5.92. The SMILES string of the molecule is COc1ccc(C2CCc3nc(C(=O)NC4CCCCC4)cn3C2)cc1. The number of ether oxygens (including phenoxy) is 1. The second-order valence-electron chi connectivity index (χ2n) is 7.51. The summed E-state index contributed by atoms with van der Waals surface area (Å²) in [5.74, 6) is 2.36. The van der Waals surface area contributed by atoms with Gasteiger partial charge in [-0.25, -0.2) is 4.98 Å². The highest BCUT2D eigenvalue weighted by Crippen LogP contribution is 2.30. The first kappa shape index (κ1) is 17.1. The topological polar surface area (TPSA) is 56.1 Å². The molecule has 1 aromatic heterocycles. The molecule has 0 spiro atoms. The van der Waals surface area contributed by atoms with Crippen LogP contribution in [0.1, 0.15) is 66.3 Å². The number of nitrogens with one attached hydrogen (secondary N) is 1. The Kier molecular flexibility index (Phi) is 4.96. The Morgan fingerprint density at radius 3 is 2.65 bits per heavy atom. The van der Waals surface area contributed by atoms with Crippen LogP contribution >= 0.6 is 0 Å². The number of nitrogens with zero attached hydrogens (tertiary/aromatic N) is 2. The minimum Gasteiger partial charge on any atom is -0.497 e. The summed E-state index contributed by atoms with van der Waals surface area (Å²) in [5.41, 5.74) is 1.89. The Balaban J connectivity index is 1.43. The molecule has 1 amide bonds. The third kappa shape index (κ3) is 3.62. The maximum atomic E-state index is 12.6. The Hall–Kier alpha value is -2.30. The van der Waals surface area contributed by atoms with E-state index in [1.54, 1.807) is 7.11 Å². The molecule has 5 heteroatoms. The van der Waals surface area contributed by atoms with Gasteiger partial charge in [-0.05, 0) is 37.0 Å². The van der Waals surface area contributed by atoms with Crippen molar-refractivity contribution in [1.29, 1.82) is 0 Å². The molecule has 2 aliphatic rings. The van der Waals surface area contributed by atoms with Gasteiger partial charge in [-0.3, -0.25) is 4.79 Å². The van der Waals surface area contributed by atoms with Crippen molar-refractivity contribution in [3.8, 4) is 5.75 Å². The van der Waals surface area contributed by atoms with Crippen LogP contribution in [0.15, 0.2) is 30.5 Å². The quantitative estimate of drug-likeness (QED) is 0.912. The summed E-state index contributed by atoms with van der Waals surface area (Å²) in [6.07, 6.45) is 9.82. The summed E-state index contributed by atoms with van der Waals surface area (Å²) >= 11 is 0. The van der Waals surface area contributed by atoms with Crippen LogP contribution in [0, 0.1) is 0 Å². The molecule has 26 heavy (non-hydrogen) atoms. The van der Waals surface area contributed by atoms with Gasteiger partial charge in [0, 0.05) is 31.1 Å². The molecule has 1 aromatic carbocycles. The zero-order valence-electron chi connectivity index (χ0n) is 15.4. The second kappa shape index (κ2) is 7.52. The number of aryl methyl sites for hydroxylation is 1. The molecule has 1 saturated carbocycles. The van der Waals surface area contributed by atoms with Crippen molar-refractivity contribution in [3.63, 3.8) is 0 Å². The number of aromatic nitrogens is 2. The van der Waals surface area contributed by atoms with Crippen molar-refractivity contribution in [2.45, 2.75) is 63.5 Å². The number of imidazole rings is 1. The van der Waals surface area contributed by atoms with E-state index in [4.69, 9.17) is 4.74 Å². The fraction of sp³-hybridized carbons (Fsp3) is 0.524. The normalized spacial score (nSPS) is 20.4. The van der Waals surface area contributed by atoms with Crippen LogP contribution in [0.3, 0.4) is 0 Å². The predicted octanol–water partition coefficient (Wildman–Crippen LogP) is 3.68. The van der Waals surface area contributed by atoms with Gasteiger partial charge in [0.15, 0.2) is 0 Å². The summed E-state index contributed by atoms with van der Waals surface area (Å²) in [6.45, 7) is 0.880. The summed E-state index contributed by atoms with van der Waals surface area (Å²) in [5, 5.41) is 3.17. The largest absolute Gasteiger partial charge is 0.497 e. The van der Waals surface area contributed by atoms with Crippen molar-refractivity contribution in [2.24, 2.45) is 0 Å². The van der Waals surface area contributed by atoms with Gasteiger partial charge in [-0.15, -0.1) is 0 Å². The highest BCUT2D eigenvalue weighted by atomic mass is 16.5. The minimum absolute atomic E-state index is 0.0141. The van der Waals surface area contributed by atoms with Crippen LogP contribution in [0.25, 0.3) is 0 Å². The third-order valence-corrected chi connectivity index (χ3v) is 5.75. The summed E-state index contributed by atoms with van der Waals surface area (Å²) in [7, 11) is 1.69. The van der Waals surface area contributed by atoms with E-state index in [1.165, 1.54) is 24.8 Å². The number of amides is 1. The molecule has 0 saturated heterocycles. The maximum Gasteiger partial charge on any atom is 0.271 e. The minimum atomic E-state index is -0.0141. The number of methoxy groups -OCH3 is 1. The Labute approximate surface area is 154 Å². The van der Waals surface area contributed by atoms with E-state index in [1.807, 2.05) is 18.3 Å². The lowest BCUT2D eigenvalue weighted by Crippen LogP contribution is -2.36. The van der Waals surface area contributed by atoms with Crippen molar-refractivity contribution >= 4 is 5.91 Å². The van der Waals surface area contributed by atoms with Gasteiger partial charge in [0.25, 0.3) is 5.91 Å². The first-order valence-electron chi connectivity index (χ1n) is 9.74. The van der Waals surface area contributed by atoms with E-state index in [-0.39, 0.29) is 5.91 Å². The number of rotatable bonds is 4. The van der Waals surface area contributed by atoms with Crippen LogP contribution in [-0.4, -0.2) is 28.6 Å². The number of benzene rings is 1. The zero-order valence-corrected chi connectivity index (χ0v) is 15.4. The number of carbonyl (C=O) groups is 1. The van der Waals surface area contributed by atoms with Gasteiger partial charge in [0.05, 0.1) is 7.11 Å². The molecule has 1 N–H and O–H groups in total. The van der Waals surface area contributed by atoms with Gasteiger partial charge in [0.1, 0.15) is 17.3 Å². The van der Waals surface area contributed by atoms with E-state index in [2.05, 4.69) is 27.0 Å².